The second kappa shape index (κ2) is 8.04. The lowest BCUT2D eigenvalue weighted by molar-refractivity contribution is 0.609. The number of rotatable bonds is 6. The van der Waals surface area contributed by atoms with Gasteiger partial charge in [-0.05, 0) is 31.0 Å². The molecule has 3 aromatic heterocycles. The third-order valence-electron chi connectivity index (χ3n) is 5.64. The maximum atomic E-state index is 12.4. The van der Waals surface area contributed by atoms with E-state index >= 15 is 0 Å². The van der Waals surface area contributed by atoms with Gasteiger partial charge in [0.05, 0.1) is 17.3 Å². The van der Waals surface area contributed by atoms with Crippen molar-refractivity contribution in [2.45, 2.75) is 18.9 Å². The van der Waals surface area contributed by atoms with E-state index in [1.807, 2.05) is 25.4 Å². The van der Waals surface area contributed by atoms with E-state index < -0.39 is 10.0 Å². The summed E-state index contributed by atoms with van der Waals surface area (Å²) in [6, 6.07) is 5.89. The molecule has 9 nitrogen and oxygen atoms in total. The van der Waals surface area contributed by atoms with Crippen molar-refractivity contribution >= 4 is 50.1 Å². The molecule has 1 saturated heterocycles. The quantitative estimate of drug-likeness (QED) is 0.582. The first-order valence-corrected chi connectivity index (χ1v) is 12.6. The van der Waals surface area contributed by atoms with Gasteiger partial charge in [-0.1, -0.05) is 6.08 Å². The van der Waals surface area contributed by atoms with Gasteiger partial charge in [-0.15, -0.1) is 11.8 Å². The molecule has 5 rings (SSSR count). The number of nitrogens with zero attached hydrogens (tertiary/aromatic N) is 5. The van der Waals surface area contributed by atoms with E-state index in [0.717, 1.165) is 54.4 Å². The summed E-state index contributed by atoms with van der Waals surface area (Å²) in [5.74, 6) is 2.55. The summed E-state index contributed by atoms with van der Waals surface area (Å²) < 4.78 is 27.8. The zero-order chi connectivity index (χ0) is 21.4. The van der Waals surface area contributed by atoms with Gasteiger partial charge in [-0.3, -0.25) is 4.72 Å². The first kappa shape index (κ1) is 20.1. The molecule has 0 spiro atoms. The second-order valence-corrected chi connectivity index (χ2v) is 10.7. The molecule has 2 aliphatic rings. The van der Waals surface area contributed by atoms with Crippen molar-refractivity contribution in [3.05, 3.63) is 47.2 Å². The lowest BCUT2D eigenvalue weighted by Gasteiger charge is -2.26. The molecule has 1 atom stereocenters. The molecule has 0 radical (unpaired) electrons. The van der Waals surface area contributed by atoms with Crippen LogP contribution in [-0.4, -0.2) is 60.3 Å². The van der Waals surface area contributed by atoms with Crippen LogP contribution < -0.4 is 14.5 Å². The first-order valence-electron chi connectivity index (χ1n) is 10.1. The Labute approximate surface area is 185 Å². The topological polar surface area (TPSA) is 107 Å². The monoisotopic (exact) mass is 457 g/mol. The fourth-order valence-corrected chi connectivity index (χ4v) is 6.53. The van der Waals surface area contributed by atoms with Gasteiger partial charge in [0.1, 0.15) is 27.8 Å². The SMILES string of the molecule is CN(c1ccc(NS(=O)(=O)C2=CCCS2)cn1)[C@@H]1CCN(c2ncnc3[nH]ccc23)C1. The molecule has 162 valence electrons. The Morgan fingerprint density at radius 2 is 2.16 bits per heavy atom. The van der Waals surface area contributed by atoms with E-state index in [0.29, 0.717) is 9.92 Å². The molecule has 3 aromatic rings. The van der Waals surface area contributed by atoms with Crippen molar-refractivity contribution in [3.63, 3.8) is 0 Å². The van der Waals surface area contributed by atoms with E-state index in [1.54, 1.807) is 24.7 Å². The highest BCUT2D eigenvalue weighted by Gasteiger charge is 2.28. The molecule has 0 saturated carbocycles. The number of aromatic nitrogens is 4. The summed E-state index contributed by atoms with van der Waals surface area (Å²) in [6.45, 7) is 1.73. The normalized spacial score (nSPS) is 19.1. The first-order chi connectivity index (χ1) is 15.0. The minimum atomic E-state index is -3.51. The fraction of sp³-hybridized carbons (Fsp3) is 0.350. The lowest BCUT2D eigenvalue weighted by atomic mass is 10.2. The summed E-state index contributed by atoms with van der Waals surface area (Å²) in [7, 11) is -1.49. The van der Waals surface area contributed by atoms with E-state index in [-0.39, 0.29) is 6.04 Å². The Morgan fingerprint density at radius 3 is 2.94 bits per heavy atom. The fourth-order valence-electron chi connectivity index (χ4n) is 3.99. The van der Waals surface area contributed by atoms with Crippen LogP contribution in [0.3, 0.4) is 0 Å². The van der Waals surface area contributed by atoms with E-state index in [2.05, 4.69) is 34.5 Å². The predicted molar refractivity (Wildman–Crippen MR) is 125 cm³/mol. The van der Waals surface area contributed by atoms with Crippen LogP contribution in [0.15, 0.2) is 47.2 Å². The van der Waals surface area contributed by atoms with Crippen molar-refractivity contribution < 1.29 is 8.42 Å². The standard InChI is InChI=1S/C20H23N7O2S2/c1-26(15-7-9-27(12-15)20-16-6-8-21-19(16)23-13-24-20)17-5-4-14(11-22-17)25-31(28,29)18-3-2-10-30-18/h3-6,8,11,13,15,25H,2,7,9-10,12H2,1H3,(H,21,23,24)/t15-/m1/s1. The summed E-state index contributed by atoms with van der Waals surface area (Å²) in [5, 5.41) is 1.02. The van der Waals surface area contributed by atoms with Crippen molar-refractivity contribution in [1.29, 1.82) is 0 Å². The summed E-state index contributed by atoms with van der Waals surface area (Å²) in [4.78, 5) is 20.8. The zero-order valence-corrected chi connectivity index (χ0v) is 18.7. The average Bonchev–Trinajstić information content (AvgIpc) is 3.55. The van der Waals surface area contributed by atoms with Gasteiger partial charge in [-0.25, -0.2) is 23.4 Å². The predicted octanol–water partition coefficient (Wildman–Crippen LogP) is 2.79. The van der Waals surface area contributed by atoms with Gasteiger partial charge in [0.15, 0.2) is 0 Å². The van der Waals surface area contributed by atoms with E-state index in [9.17, 15) is 8.42 Å². The lowest BCUT2D eigenvalue weighted by Crippen LogP contribution is -2.35. The minimum Gasteiger partial charge on any atom is -0.355 e. The summed E-state index contributed by atoms with van der Waals surface area (Å²) in [6.07, 6.45) is 8.56. The van der Waals surface area contributed by atoms with Gasteiger partial charge in [-0.2, -0.15) is 0 Å². The molecule has 0 aromatic carbocycles. The summed E-state index contributed by atoms with van der Waals surface area (Å²) in [5.41, 5.74) is 1.31. The van der Waals surface area contributed by atoms with Gasteiger partial charge in [0, 0.05) is 38.1 Å². The van der Waals surface area contributed by atoms with Crippen LogP contribution in [0.2, 0.25) is 0 Å². The minimum absolute atomic E-state index is 0.277. The molecule has 2 N–H and O–H groups in total. The Hall–Kier alpha value is -2.79. The van der Waals surface area contributed by atoms with Crippen LogP contribution >= 0.6 is 11.8 Å². The number of anilines is 3. The van der Waals surface area contributed by atoms with Crippen LogP contribution in [0.25, 0.3) is 11.0 Å². The van der Waals surface area contributed by atoms with Crippen molar-refractivity contribution in [3.8, 4) is 0 Å². The largest absolute Gasteiger partial charge is 0.355 e. The number of hydrogen-bond donors (Lipinski definition) is 2. The van der Waals surface area contributed by atoms with Crippen LogP contribution in [0, 0.1) is 0 Å². The smallest absolute Gasteiger partial charge is 0.267 e. The number of hydrogen-bond acceptors (Lipinski definition) is 8. The van der Waals surface area contributed by atoms with Gasteiger partial charge in [0.25, 0.3) is 10.0 Å². The molecule has 2 aliphatic heterocycles. The van der Waals surface area contributed by atoms with Crippen molar-refractivity contribution in [1.82, 2.24) is 19.9 Å². The number of nitrogens with one attached hydrogen (secondary N) is 2. The molecule has 0 aliphatic carbocycles. The molecular formula is C20H23N7O2S2. The van der Waals surface area contributed by atoms with Gasteiger partial charge < -0.3 is 14.8 Å². The highest BCUT2D eigenvalue weighted by atomic mass is 32.3. The van der Waals surface area contributed by atoms with Crippen LogP contribution in [-0.2, 0) is 10.0 Å². The van der Waals surface area contributed by atoms with Crippen LogP contribution in [0.4, 0.5) is 17.3 Å². The number of likely N-dealkylation sites (N-methyl/N-ethyl adjacent to an activating group) is 1. The average molecular weight is 458 g/mol. The highest BCUT2D eigenvalue weighted by Crippen LogP contribution is 2.31. The number of pyridine rings is 1. The second-order valence-electron chi connectivity index (χ2n) is 7.61. The molecular weight excluding hydrogens is 434 g/mol. The molecule has 5 heterocycles. The van der Waals surface area contributed by atoms with Gasteiger partial charge >= 0.3 is 0 Å². The maximum Gasteiger partial charge on any atom is 0.267 e. The Morgan fingerprint density at radius 1 is 1.26 bits per heavy atom. The molecule has 0 amide bonds. The van der Waals surface area contributed by atoms with E-state index in [1.165, 1.54) is 11.8 Å². The third kappa shape index (κ3) is 3.94. The molecule has 1 fully saturated rings. The number of aromatic amines is 1. The summed E-state index contributed by atoms with van der Waals surface area (Å²) >= 11 is 1.36. The number of H-pyrrole nitrogens is 1. The molecule has 11 heteroatoms. The maximum absolute atomic E-state index is 12.4. The Kier molecular flexibility index (Phi) is 5.22. The van der Waals surface area contributed by atoms with Crippen LogP contribution in [0.1, 0.15) is 12.8 Å². The molecule has 0 bridgehead atoms. The van der Waals surface area contributed by atoms with Gasteiger partial charge in [0.2, 0.25) is 0 Å². The number of allylic oxidation sites excluding steroid dienone is 1. The molecule has 0 unspecified atom stereocenters. The van der Waals surface area contributed by atoms with E-state index in [4.69, 9.17) is 0 Å². The van der Waals surface area contributed by atoms with Crippen LogP contribution in [0.5, 0.6) is 0 Å². The number of thioether (sulfide) groups is 1. The Bertz CT molecular complexity index is 1220. The number of sulfonamides is 1. The molecule has 31 heavy (non-hydrogen) atoms. The van der Waals surface area contributed by atoms with Crippen molar-refractivity contribution in [2.24, 2.45) is 0 Å². The third-order valence-corrected chi connectivity index (χ3v) is 8.75. The number of fused-ring (bicyclic) bond motifs is 1. The Balaban J connectivity index is 1.26. The van der Waals surface area contributed by atoms with Crippen molar-refractivity contribution in [2.75, 3.05) is 40.4 Å². The zero-order valence-electron chi connectivity index (χ0n) is 17.0. The highest BCUT2D eigenvalue weighted by molar-refractivity contribution is 8.19.